The molecule has 0 bridgehead atoms. The summed E-state index contributed by atoms with van der Waals surface area (Å²) in [5, 5.41) is 22.6. The van der Waals surface area contributed by atoms with Crippen LogP contribution in [0.25, 0.3) is 22.3 Å². The predicted molar refractivity (Wildman–Crippen MR) is 154 cm³/mol. The molecule has 4 aliphatic rings. The molecular formula is C33H32N2OS. The van der Waals surface area contributed by atoms with Gasteiger partial charge in [0, 0.05) is 29.0 Å². The second kappa shape index (κ2) is 9.43. The van der Waals surface area contributed by atoms with Crippen molar-refractivity contribution in [2.75, 3.05) is 0 Å². The number of aliphatic hydroxyl groups excluding tert-OH is 1. The Balaban J connectivity index is 1.37. The summed E-state index contributed by atoms with van der Waals surface area (Å²) in [5.74, 6) is 1.35. The maximum absolute atomic E-state index is 11.1. The van der Waals surface area contributed by atoms with E-state index in [0.717, 1.165) is 43.4 Å². The molecule has 3 nitrogen and oxygen atoms in total. The van der Waals surface area contributed by atoms with Crippen molar-refractivity contribution in [1.29, 1.82) is 5.41 Å². The molecule has 1 heterocycles. The lowest BCUT2D eigenvalue weighted by atomic mass is 9.83. The van der Waals surface area contributed by atoms with E-state index in [1.165, 1.54) is 55.6 Å². The molecule has 7 rings (SSSR count). The lowest BCUT2D eigenvalue weighted by Crippen LogP contribution is -2.11. The van der Waals surface area contributed by atoms with Crippen LogP contribution in [0.2, 0.25) is 0 Å². The van der Waals surface area contributed by atoms with E-state index in [1.54, 1.807) is 6.21 Å². The van der Waals surface area contributed by atoms with Gasteiger partial charge in [-0.3, -0.25) is 5.32 Å². The smallest absolute Gasteiger partial charge is 0.132 e. The number of hydrogen-bond acceptors (Lipinski definition) is 4. The zero-order valence-electron chi connectivity index (χ0n) is 21.0. The van der Waals surface area contributed by atoms with Crippen LogP contribution in [-0.2, 0) is 18.7 Å². The number of unbranched alkanes of at least 4 members (excludes halogenated alkanes) is 1. The van der Waals surface area contributed by atoms with Gasteiger partial charge in [-0.25, -0.2) is 0 Å². The standard InChI is InChI=1S/C33H32N2OS/c34-15-7-6-12-25-24-14-13-20(19-37-22-9-2-1-3-10-22)16-26(24)31-28-18-35-33(36)32(28)29-23-11-5-4-8-21(23)17-27(29)30(25)31/h1-5,8-9,11,13-16,22,25,33-36H,6-7,10,12,17-19H2. The second-order valence-electron chi connectivity index (χ2n) is 10.7. The monoisotopic (exact) mass is 504 g/mol. The average molecular weight is 505 g/mol. The molecule has 1 aliphatic heterocycles. The molecule has 0 spiro atoms. The molecule has 0 saturated heterocycles. The number of rotatable bonds is 7. The largest absolute Gasteiger partial charge is 0.374 e. The minimum atomic E-state index is -0.620. The molecule has 0 saturated carbocycles. The molecule has 186 valence electrons. The Morgan fingerprint density at radius 2 is 1.92 bits per heavy atom. The summed E-state index contributed by atoms with van der Waals surface area (Å²) in [5.41, 5.74) is 14.8. The fourth-order valence-corrected chi connectivity index (χ4v) is 7.99. The molecule has 0 amide bonds. The lowest BCUT2D eigenvalue weighted by molar-refractivity contribution is 0.152. The highest BCUT2D eigenvalue weighted by molar-refractivity contribution is 7.99. The highest BCUT2D eigenvalue weighted by atomic mass is 32.2. The quantitative estimate of drug-likeness (QED) is 0.181. The van der Waals surface area contributed by atoms with Crippen LogP contribution in [0.4, 0.5) is 0 Å². The Hall–Kier alpha value is -2.92. The van der Waals surface area contributed by atoms with Crippen molar-refractivity contribution in [2.45, 2.75) is 61.8 Å². The van der Waals surface area contributed by atoms with E-state index in [2.05, 4.69) is 72.1 Å². The molecular weight excluding hydrogens is 472 g/mol. The highest BCUT2D eigenvalue weighted by Gasteiger charge is 2.41. The van der Waals surface area contributed by atoms with Crippen LogP contribution in [0, 0.1) is 5.41 Å². The van der Waals surface area contributed by atoms with Gasteiger partial charge in [-0.15, -0.1) is 11.8 Å². The fourth-order valence-electron chi connectivity index (χ4n) is 6.95. The molecule has 3 atom stereocenters. The molecule has 4 heteroatoms. The van der Waals surface area contributed by atoms with Gasteiger partial charge in [0.25, 0.3) is 0 Å². The van der Waals surface area contributed by atoms with E-state index in [0.29, 0.717) is 17.7 Å². The van der Waals surface area contributed by atoms with Crippen LogP contribution < -0.4 is 5.32 Å². The number of benzene rings is 3. The van der Waals surface area contributed by atoms with Gasteiger partial charge in [-0.05, 0) is 100 Å². The van der Waals surface area contributed by atoms with Gasteiger partial charge >= 0.3 is 0 Å². The first-order valence-corrected chi connectivity index (χ1v) is 14.6. The van der Waals surface area contributed by atoms with E-state index in [1.807, 2.05) is 11.8 Å². The Morgan fingerprint density at radius 3 is 2.78 bits per heavy atom. The van der Waals surface area contributed by atoms with Gasteiger partial charge in [-0.1, -0.05) is 60.7 Å². The SMILES string of the molecule is N=CCCCC1c2ccc(CSC3C=CC=CC3)cc2-c2c3c(c4c(c21)Cc1ccccc1-4)C(O)NC3. The summed E-state index contributed by atoms with van der Waals surface area (Å²) in [6.45, 7) is 0.707. The second-order valence-corrected chi connectivity index (χ2v) is 11.9. The van der Waals surface area contributed by atoms with Crippen LogP contribution in [0.15, 0.2) is 66.8 Å². The Bertz CT molecular complexity index is 1470. The normalized spacial score (nSPS) is 21.9. The van der Waals surface area contributed by atoms with Crippen LogP contribution >= 0.6 is 11.8 Å². The van der Waals surface area contributed by atoms with Crippen molar-refractivity contribution >= 4 is 18.0 Å². The first-order valence-electron chi connectivity index (χ1n) is 13.5. The van der Waals surface area contributed by atoms with Gasteiger partial charge in [0.1, 0.15) is 6.23 Å². The molecule has 0 fully saturated rings. The van der Waals surface area contributed by atoms with Gasteiger partial charge in [0.15, 0.2) is 0 Å². The molecule has 3 aromatic rings. The van der Waals surface area contributed by atoms with Crippen LogP contribution in [0.5, 0.6) is 0 Å². The van der Waals surface area contributed by atoms with E-state index < -0.39 is 6.23 Å². The third-order valence-corrected chi connectivity index (χ3v) is 9.83. The minimum absolute atomic E-state index is 0.351. The first-order chi connectivity index (χ1) is 18.2. The lowest BCUT2D eigenvalue weighted by Gasteiger charge is -2.20. The maximum Gasteiger partial charge on any atom is 0.132 e. The highest BCUT2D eigenvalue weighted by Crippen LogP contribution is 2.57. The number of aliphatic hydroxyl groups is 1. The van der Waals surface area contributed by atoms with Crippen LogP contribution in [0.1, 0.15) is 76.8 Å². The third-order valence-electron chi connectivity index (χ3n) is 8.55. The number of hydrogen-bond donors (Lipinski definition) is 3. The van der Waals surface area contributed by atoms with Gasteiger partial charge in [0.05, 0.1) is 0 Å². The molecule has 0 aromatic heterocycles. The van der Waals surface area contributed by atoms with Crippen molar-refractivity contribution in [3.63, 3.8) is 0 Å². The first kappa shape index (κ1) is 23.2. The average Bonchev–Trinajstić information content (AvgIpc) is 3.59. The van der Waals surface area contributed by atoms with E-state index in [4.69, 9.17) is 5.41 Å². The summed E-state index contributed by atoms with van der Waals surface area (Å²) in [7, 11) is 0. The van der Waals surface area contributed by atoms with E-state index >= 15 is 0 Å². The summed E-state index contributed by atoms with van der Waals surface area (Å²) in [6, 6.07) is 15.9. The predicted octanol–water partition coefficient (Wildman–Crippen LogP) is 7.40. The van der Waals surface area contributed by atoms with Crippen molar-refractivity contribution in [1.82, 2.24) is 5.32 Å². The van der Waals surface area contributed by atoms with E-state index in [-0.39, 0.29) is 0 Å². The fraction of sp³-hybridized carbons (Fsp3) is 0.303. The Morgan fingerprint density at radius 1 is 1.03 bits per heavy atom. The Labute approximate surface area is 223 Å². The topological polar surface area (TPSA) is 56.1 Å². The van der Waals surface area contributed by atoms with Crippen LogP contribution in [-0.4, -0.2) is 16.6 Å². The van der Waals surface area contributed by atoms with Gasteiger partial charge < -0.3 is 10.5 Å². The van der Waals surface area contributed by atoms with Crippen molar-refractivity contribution in [3.8, 4) is 22.3 Å². The number of nitrogens with one attached hydrogen (secondary N) is 2. The van der Waals surface area contributed by atoms with E-state index in [9.17, 15) is 5.11 Å². The molecule has 3 unspecified atom stereocenters. The molecule has 0 radical (unpaired) electrons. The zero-order chi connectivity index (χ0) is 24.9. The zero-order valence-corrected chi connectivity index (χ0v) is 21.8. The van der Waals surface area contributed by atoms with Crippen molar-refractivity contribution < 1.29 is 5.11 Å². The maximum atomic E-state index is 11.1. The van der Waals surface area contributed by atoms with Crippen LogP contribution in [0.3, 0.4) is 0 Å². The summed E-state index contributed by atoms with van der Waals surface area (Å²) < 4.78 is 0. The summed E-state index contributed by atoms with van der Waals surface area (Å²) >= 11 is 2.02. The third kappa shape index (κ3) is 3.77. The minimum Gasteiger partial charge on any atom is -0.374 e. The number of fused-ring (bicyclic) bond motifs is 10. The molecule has 3 N–H and O–H groups in total. The number of allylic oxidation sites excluding steroid dienone is 3. The van der Waals surface area contributed by atoms with Crippen molar-refractivity contribution in [3.05, 3.63) is 106 Å². The summed E-state index contributed by atoms with van der Waals surface area (Å²) in [4.78, 5) is 0. The van der Waals surface area contributed by atoms with Crippen molar-refractivity contribution in [2.24, 2.45) is 0 Å². The Kier molecular flexibility index (Phi) is 5.92. The number of thioether (sulfide) groups is 1. The molecule has 3 aromatic carbocycles. The van der Waals surface area contributed by atoms with Gasteiger partial charge in [0.2, 0.25) is 0 Å². The molecule has 3 aliphatic carbocycles. The van der Waals surface area contributed by atoms with Gasteiger partial charge in [-0.2, -0.15) is 0 Å². The molecule has 37 heavy (non-hydrogen) atoms. The summed E-state index contributed by atoms with van der Waals surface area (Å²) in [6.07, 6.45) is 14.8.